The van der Waals surface area contributed by atoms with Gasteiger partial charge in [-0.15, -0.1) is 0 Å². The first-order valence-corrected chi connectivity index (χ1v) is 6.97. The van der Waals surface area contributed by atoms with Gasteiger partial charge in [0.1, 0.15) is 12.4 Å². The van der Waals surface area contributed by atoms with Crippen LogP contribution in [0.5, 0.6) is 5.75 Å². The number of hydrogen-bond acceptors (Lipinski definition) is 4. The number of esters is 1. The molecule has 0 atom stereocenters. The molecule has 21 heavy (non-hydrogen) atoms. The number of aromatic nitrogens is 1. The van der Waals surface area contributed by atoms with Crippen LogP contribution >= 0.6 is 15.9 Å². The lowest BCUT2D eigenvalue weighted by Gasteiger charge is -2.08. The molecular weight excluding hydrogens is 338 g/mol. The van der Waals surface area contributed by atoms with Crippen molar-refractivity contribution >= 4 is 21.9 Å². The maximum Gasteiger partial charge on any atom is 0.338 e. The van der Waals surface area contributed by atoms with Gasteiger partial charge in [-0.05, 0) is 39.7 Å². The van der Waals surface area contributed by atoms with Gasteiger partial charge in [-0.3, -0.25) is 4.79 Å². The molecule has 1 aromatic carbocycles. The molecule has 0 aliphatic rings. The minimum absolute atomic E-state index is 0.122. The summed E-state index contributed by atoms with van der Waals surface area (Å²) in [5.74, 6) is 0.177. The Kier molecular flexibility index (Phi) is 4.80. The molecule has 0 radical (unpaired) electrons. The van der Waals surface area contributed by atoms with Crippen molar-refractivity contribution in [3.63, 3.8) is 0 Å². The average molecular weight is 352 g/mol. The lowest BCUT2D eigenvalue weighted by atomic mass is 10.2. The summed E-state index contributed by atoms with van der Waals surface area (Å²) < 4.78 is 12.5. The quantitative estimate of drug-likeness (QED) is 0.794. The zero-order chi connectivity index (χ0) is 15.4. The third kappa shape index (κ3) is 3.72. The van der Waals surface area contributed by atoms with Crippen LogP contribution in [-0.2, 0) is 18.4 Å². The van der Waals surface area contributed by atoms with E-state index in [1.54, 1.807) is 32.4 Å². The van der Waals surface area contributed by atoms with Crippen molar-refractivity contribution in [3.8, 4) is 5.75 Å². The van der Waals surface area contributed by atoms with E-state index in [0.29, 0.717) is 5.75 Å². The van der Waals surface area contributed by atoms with Crippen LogP contribution < -0.4 is 10.3 Å². The highest BCUT2D eigenvalue weighted by molar-refractivity contribution is 9.10. The Hall–Kier alpha value is -2.08. The molecule has 1 heterocycles. The van der Waals surface area contributed by atoms with Crippen LogP contribution in [-0.4, -0.2) is 17.6 Å². The molecular formula is C15H14BrNO4. The zero-order valence-corrected chi connectivity index (χ0v) is 13.2. The molecule has 0 N–H and O–H groups in total. The van der Waals surface area contributed by atoms with Crippen molar-refractivity contribution in [3.05, 3.63) is 62.5 Å². The molecule has 2 rings (SSSR count). The second-order valence-electron chi connectivity index (χ2n) is 4.41. The SMILES string of the molecule is COc1ccc(COC(=O)c2ccn(C)c(=O)c2)cc1Br. The molecule has 0 bridgehead atoms. The fourth-order valence-corrected chi connectivity index (χ4v) is 2.30. The number of aryl methyl sites for hydroxylation is 1. The van der Waals surface area contributed by atoms with Gasteiger partial charge in [-0.1, -0.05) is 6.07 Å². The van der Waals surface area contributed by atoms with Crippen LogP contribution in [0.1, 0.15) is 15.9 Å². The Bertz CT molecular complexity index is 724. The summed E-state index contributed by atoms with van der Waals surface area (Å²) in [5, 5.41) is 0. The summed E-state index contributed by atoms with van der Waals surface area (Å²) in [6, 6.07) is 8.21. The number of ether oxygens (including phenoxy) is 2. The number of benzene rings is 1. The maximum atomic E-state index is 11.9. The van der Waals surface area contributed by atoms with Crippen LogP contribution in [0.15, 0.2) is 45.8 Å². The van der Waals surface area contributed by atoms with Gasteiger partial charge in [-0.2, -0.15) is 0 Å². The molecule has 0 aliphatic heterocycles. The summed E-state index contributed by atoms with van der Waals surface area (Å²) in [6.45, 7) is 0.122. The lowest BCUT2D eigenvalue weighted by Crippen LogP contribution is -2.17. The summed E-state index contributed by atoms with van der Waals surface area (Å²) in [5.41, 5.74) is 0.808. The number of halogens is 1. The number of rotatable bonds is 4. The van der Waals surface area contributed by atoms with Gasteiger partial charge in [0.05, 0.1) is 17.1 Å². The highest BCUT2D eigenvalue weighted by Crippen LogP contribution is 2.25. The van der Waals surface area contributed by atoms with E-state index >= 15 is 0 Å². The molecule has 0 saturated heterocycles. The van der Waals surface area contributed by atoms with Crippen molar-refractivity contribution in [1.29, 1.82) is 0 Å². The molecule has 0 aliphatic carbocycles. The Morgan fingerprint density at radius 3 is 2.67 bits per heavy atom. The molecule has 1 aromatic heterocycles. The molecule has 110 valence electrons. The Balaban J connectivity index is 2.05. The summed E-state index contributed by atoms with van der Waals surface area (Å²) in [4.78, 5) is 23.4. The highest BCUT2D eigenvalue weighted by Gasteiger charge is 2.09. The predicted molar refractivity (Wildman–Crippen MR) is 81.5 cm³/mol. The molecule has 0 amide bonds. The number of methoxy groups -OCH3 is 1. The fourth-order valence-electron chi connectivity index (χ4n) is 1.71. The average Bonchev–Trinajstić information content (AvgIpc) is 2.47. The lowest BCUT2D eigenvalue weighted by molar-refractivity contribution is 0.0472. The fraction of sp³-hybridized carbons (Fsp3) is 0.200. The Labute approximate surface area is 130 Å². The number of pyridine rings is 1. The number of hydrogen-bond donors (Lipinski definition) is 0. The molecule has 2 aromatic rings. The number of carbonyl (C=O) groups is 1. The second-order valence-corrected chi connectivity index (χ2v) is 5.26. The van der Waals surface area contributed by atoms with E-state index in [9.17, 15) is 9.59 Å². The van der Waals surface area contributed by atoms with Crippen LogP contribution in [0, 0.1) is 0 Å². The third-order valence-electron chi connectivity index (χ3n) is 2.93. The normalized spacial score (nSPS) is 10.2. The van der Waals surface area contributed by atoms with E-state index in [1.165, 1.54) is 16.8 Å². The standard InChI is InChI=1S/C15H14BrNO4/c1-17-6-5-11(8-14(17)18)15(19)21-9-10-3-4-13(20-2)12(16)7-10/h3-8H,9H2,1-2H3. The largest absolute Gasteiger partial charge is 0.496 e. The van der Waals surface area contributed by atoms with Crippen molar-refractivity contribution < 1.29 is 14.3 Å². The van der Waals surface area contributed by atoms with Crippen molar-refractivity contribution in [1.82, 2.24) is 4.57 Å². The van der Waals surface area contributed by atoms with Gasteiger partial charge in [0.2, 0.25) is 0 Å². The topological polar surface area (TPSA) is 57.5 Å². The van der Waals surface area contributed by atoms with Gasteiger partial charge >= 0.3 is 5.97 Å². The zero-order valence-electron chi connectivity index (χ0n) is 11.6. The van der Waals surface area contributed by atoms with Gasteiger partial charge in [0, 0.05) is 19.3 Å². The van der Waals surface area contributed by atoms with Crippen LogP contribution in [0.25, 0.3) is 0 Å². The van der Waals surface area contributed by atoms with E-state index in [4.69, 9.17) is 9.47 Å². The van der Waals surface area contributed by atoms with E-state index in [0.717, 1.165) is 10.0 Å². The third-order valence-corrected chi connectivity index (χ3v) is 3.55. The van der Waals surface area contributed by atoms with E-state index < -0.39 is 5.97 Å². The second kappa shape index (κ2) is 6.58. The van der Waals surface area contributed by atoms with Crippen molar-refractivity contribution in [2.75, 3.05) is 7.11 Å². The first-order valence-electron chi connectivity index (χ1n) is 6.17. The van der Waals surface area contributed by atoms with Crippen LogP contribution in [0.4, 0.5) is 0 Å². The van der Waals surface area contributed by atoms with Crippen molar-refractivity contribution in [2.24, 2.45) is 7.05 Å². The predicted octanol–water partition coefficient (Wildman–Crippen LogP) is 2.51. The van der Waals surface area contributed by atoms with Crippen molar-refractivity contribution in [2.45, 2.75) is 6.61 Å². The smallest absolute Gasteiger partial charge is 0.338 e. The molecule has 0 unspecified atom stereocenters. The Morgan fingerprint density at radius 2 is 2.05 bits per heavy atom. The Morgan fingerprint density at radius 1 is 1.29 bits per heavy atom. The molecule has 0 fully saturated rings. The van der Waals surface area contributed by atoms with E-state index in [1.807, 2.05) is 6.07 Å². The first-order chi connectivity index (χ1) is 10.0. The van der Waals surface area contributed by atoms with Gasteiger partial charge in [0.15, 0.2) is 0 Å². The highest BCUT2D eigenvalue weighted by atomic mass is 79.9. The monoisotopic (exact) mass is 351 g/mol. The molecule has 0 saturated carbocycles. The van der Waals surface area contributed by atoms with Crippen LogP contribution in [0.2, 0.25) is 0 Å². The summed E-state index contributed by atoms with van der Waals surface area (Å²) in [6.07, 6.45) is 1.53. The van der Waals surface area contributed by atoms with Gasteiger partial charge in [0.25, 0.3) is 5.56 Å². The number of nitrogens with zero attached hydrogens (tertiary/aromatic N) is 1. The van der Waals surface area contributed by atoms with Gasteiger partial charge < -0.3 is 14.0 Å². The molecule has 0 spiro atoms. The number of carbonyl (C=O) groups excluding carboxylic acids is 1. The minimum atomic E-state index is -0.528. The first kappa shape index (κ1) is 15.3. The molecule has 6 heteroatoms. The maximum absolute atomic E-state index is 11.9. The van der Waals surface area contributed by atoms with E-state index in [-0.39, 0.29) is 17.7 Å². The summed E-state index contributed by atoms with van der Waals surface area (Å²) >= 11 is 3.37. The van der Waals surface area contributed by atoms with Crippen LogP contribution in [0.3, 0.4) is 0 Å². The van der Waals surface area contributed by atoms with Gasteiger partial charge in [-0.25, -0.2) is 4.79 Å². The summed E-state index contributed by atoms with van der Waals surface area (Å²) in [7, 11) is 3.20. The molecule has 5 nitrogen and oxygen atoms in total. The minimum Gasteiger partial charge on any atom is -0.496 e. The van der Waals surface area contributed by atoms with E-state index in [2.05, 4.69) is 15.9 Å².